The van der Waals surface area contributed by atoms with E-state index >= 15 is 0 Å². The summed E-state index contributed by atoms with van der Waals surface area (Å²) in [6.45, 7) is 0.668. The Labute approximate surface area is 112 Å². The van der Waals surface area contributed by atoms with Crippen LogP contribution in [0.5, 0.6) is 5.75 Å². The lowest BCUT2D eigenvalue weighted by Gasteiger charge is -2.08. The van der Waals surface area contributed by atoms with E-state index in [-0.39, 0.29) is 5.75 Å². The molecule has 0 atom stereocenters. The number of fused-ring (bicyclic) bond motifs is 1. The van der Waals surface area contributed by atoms with E-state index < -0.39 is 10.0 Å². The number of benzene rings is 1. The van der Waals surface area contributed by atoms with E-state index in [1.165, 1.54) is 0 Å². The van der Waals surface area contributed by atoms with E-state index in [2.05, 4.69) is 4.72 Å². The Morgan fingerprint density at radius 1 is 1.33 bits per heavy atom. The topological polar surface area (TPSA) is 55.4 Å². The average Bonchev–Trinajstić information content (AvgIpc) is 2.75. The fraction of sp³-hybridized carbons (Fsp3) is 0.500. The van der Waals surface area contributed by atoms with Gasteiger partial charge in [-0.15, -0.1) is 11.6 Å². The summed E-state index contributed by atoms with van der Waals surface area (Å²) < 4.78 is 31.5. The third-order valence-electron chi connectivity index (χ3n) is 2.76. The molecule has 0 bridgehead atoms. The van der Waals surface area contributed by atoms with Crippen molar-refractivity contribution in [3.8, 4) is 5.75 Å². The summed E-state index contributed by atoms with van der Waals surface area (Å²) in [6.07, 6.45) is 2.12. The van der Waals surface area contributed by atoms with Crippen LogP contribution in [0.3, 0.4) is 0 Å². The predicted molar refractivity (Wildman–Crippen MR) is 73.0 cm³/mol. The highest BCUT2D eigenvalue weighted by Gasteiger charge is 2.15. The standard InChI is InChI=1S/C12H16ClNO3S/c13-6-1-2-8-18(15,16)14-11-3-4-12-10(9-11)5-7-17-12/h3-4,9,14H,1-2,5-8H2. The van der Waals surface area contributed by atoms with Gasteiger partial charge >= 0.3 is 0 Å². The van der Waals surface area contributed by atoms with Gasteiger partial charge < -0.3 is 4.74 Å². The molecular weight excluding hydrogens is 274 g/mol. The monoisotopic (exact) mass is 289 g/mol. The quantitative estimate of drug-likeness (QED) is 0.646. The van der Waals surface area contributed by atoms with Crippen molar-refractivity contribution >= 4 is 27.3 Å². The first-order chi connectivity index (χ1) is 8.61. The van der Waals surface area contributed by atoms with Gasteiger partial charge in [0.15, 0.2) is 0 Å². The maximum absolute atomic E-state index is 11.8. The first-order valence-electron chi connectivity index (χ1n) is 5.93. The minimum absolute atomic E-state index is 0.104. The van der Waals surface area contributed by atoms with Gasteiger partial charge in [0.05, 0.1) is 12.4 Å². The molecule has 6 heteroatoms. The van der Waals surface area contributed by atoms with Crippen molar-refractivity contribution in [1.82, 2.24) is 0 Å². The number of nitrogens with one attached hydrogen (secondary N) is 1. The number of sulfonamides is 1. The molecule has 0 aliphatic carbocycles. The molecule has 0 unspecified atom stereocenters. The number of ether oxygens (including phenoxy) is 1. The molecule has 0 saturated carbocycles. The van der Waals surface area contributed by atoms with Crippen molar-refractivity contribution in [2.45, 2.75) is 19.3 Å². The van der Waals surface area contributed by atoms with Gasteiger partial charge in [-0.25, -0.2) is 8.42 Å². The molecule has 1 aliphatic rings. The van der Waals surface area contributed by atoms with E-state index in [9.17, 15) is 8.42 Å². The number of hydrogen-bond acceptors (Lipinski definition) is 3. The van der Waals surface area contributed by atoms with Crippen LogP contribution in [0.15, 0.2) is 18.2 Å². The van der Waals surface area contributed by atoms with Gasteiger partial charge in [0.25, 0.3) is 0 Å². The predicted octanol–water partition coefficient (Wildman–Crippen LogP) is 2.38. The molecule has 4 nitrogen and oxygen atoms in total. The first kappa shape index (κ1) is 13.5. The first-order valence-corrected chi connectivity index (χ1v) is 8.11. The van der Waals surface area contributed by atoms with Gasteiger partial charge in [-0.05, 0) is 36.6 Å². The Bertz CT molecular complexity index is 516. The van der Waals surface area contributed by atoms with Crippen LogP contribution >= 0.6 is 11.6 Å². The summed E-state index contributed by atoms with van der Waals surface area (Å²) in [4.78, 5) is 0. The molecule has 100 valence electrons. The Kier molecular flexibility index (Phi) is 4.35. The van der Waals surface area contributed by atoms with Crippen LogP contribution in [0.25, 0.3) is 0 Å². The molecule has 1 aromatic carbocycles. The van der Waals surface area contributed by atoms with Crippen molar-refractivity contribution in [2.75, 3.05) is 23.0 Å². The highest BCUT2D eigenvalue weighted by molar-refractivity contribution is 7.92. The fourth-order valence-corrected chi connectivity index (χ4v) is 3.23. The van der Waals surface area contributed by atoms with Gasteiger partial charge in [0.2, 0.25) is 10.0 Å². The van der Waals surface area contributed by atoms with Gasteiger partial charge in [-0.1, -0.05) is 0 Å². The lowest BCUT2D eigenvalue weighted by Crippen LogP contribution is -2.16. The lowest BCUT2D eigenvalue weighted by molar-refractivity contribution is 0.357. The summed E-state index contributed by atoms with van der Waals surface area (Å²) in [5.41, 5.74) is 1.65. The summed E-state index contributed by atoms with van der Waals surface area (Å²) in [6, 6.07) is 5.36. The minimum atomic E-state index is -3.27. The molecular formula is C12H16ClNO3S. The van der Waals surface area contributed by atoms with E-state index in [0.717, 1.165) is 17.7 Å². The summed E-state index contributed by atoms with van der Waals surface area (Å²) in [7, 11) is -3.27. The normalized spacial score (nSPS) is 14.1. The van der Waals surface area contributed by atoms with Crippen LogP contribution in [0.1, 0.15) is 18.4 Å². The largest absolute Gasteiger partial charge is 0.493 e. The second-order valence-corrected chi connectivity index (χ2v) is 6.46. The van der Waals surface area contributed by atoms with Crippen LogP contribution in [-0.4, -0.2) is 26.7 Å². The van der Waals surface area contributed by atoms with Crippen molar-refractivity contribution in [3.05, 3.63) is 23.8 Å². The van der Waals surface area contributed by atoms with Crippen molar-refractivity contribution in [2.24, 2.45) is 0 Å². The molecule has 0 amide bonds. The Morgan fingerprint density at radius 2 is 2.17 bits per heavy atom. The van der Waals surface area contributed by atoms with Crippen LogP contribution in [-0.2, 0) is 16.4 Å². The van der Waals surface area contributed by atoms with E-state index in [4.69, 9.17) is 16.3 Å². The molecule has 0 fully saturated rings. The number of halogens is 1. The number of rotatable bonds is 6. The molecule has 18 heavy (non-hydrogen) atoms. The van der Waals surface area contributed by atoms with Crippen LogP contribution < -0.4 is 9.46 Å². The van der Waals surface area contributed by atoms with Gasteiger partial charge in [0.1, 0.15) is 5.75 Å². The molecule has 0 spiro atoms. The fourth-order valence-electron chi connectivity index (χ4n) is 1.87. The van der Waals surface area contributed by atoms with Crippen molar-refractivity contribution in [1.29, 1.82) is 0 Å². The molecule has 1 aliphatic heterocycles. The van der Waals surface area contributed by atoms with Crippen LogP contribution in [0.4, 0.5) is 5.69 Å². The van der Waals surface area contributed by atoms with E-state index in [0.29, 0.717) is 31.0 Å². The maximum atomic E-state index is 11.8. The Balaban J connectivity index is 2.00. The Morgan fingerprint density at radius 3 is 2.94 bits per heavy atom. The lowest BCUT2D eigenvalue weighted by atomic mass is 10.1. The number of anilines is 1. The second kappa shape index (κ2) is 5.80. The molecule has 0 saturated heterocycles. The summed E-state index contributed by atoms with van der Waals surface area (Å²) >= 11 is 5.53. The SMILES string of the molecule is O=S(=O)(CCCCCl)Nc1ccc2c(c1)CCO2. The van der Waals surface area contributed by atoms with Crippen molar-refractivity contribution < 1.29 is 13.2 Å². The summed E-state index contributed by atoms with van der Waals surface area (Å²) in [5.74, 6) is 1.44. The highest BCUT2D eigenvalue weighted by Crippen LogP contribution is 2.28. The van der Waals surface area contributed by atoms with Gasteiger partial charge in [-0.2, -0.15) is 0 Å². The molecule has 1 heterocycles. The van der Waals surface area contributed by atoms with Crippen LogP contribution in [0, 0.1) is 0 Å². The molecule has 1 aromatic rings. The molecule has 0 radical (unpaired) electrons. The van der Waals surface area contributed by atoms with E-state index in [1.54, 1.807) is 12.1 Å². The molecule has 1 N–H and O–H groups in total. The Hall–Kier alpha value is -0.940. The van der Waals surface area contributed by atoms with Crippen LogP contribution in [0.2, 0.25) is 0 Å². The maximum Gasteiger partial charge on any atom is 0.232 e. The minimum Gasteiger partial charge on any atom is -0.493 e. The molecule has 2 rings (SSSR count). The van der Waals surface area contributed by atoms with E-state index in [1.807, 2.05) is 6.07 Å². The third kappa shape index (κ3) is 3.53. The zero-order chi connectivity index (χ0) is 13.0. The zero-order valence-corrected chi connectivity index (χ0v) is 11.6. The zero-order valence-electron chi connectivity index (χ0n) is 9.99. The number of unbranched alkanes of at least 4 members (excludes halogenated alkanes) is 1. The number of hydrogen-bond donors (Lipinski definition) is 1. The highest BCUT2D eigenvalue weighted by atomic mass is 35.5. The third-order valence-corrected chi connectivity index (χ3v) is 4.40. The van der Waals surface area contributed by atoms with Crippen molar-refractivity contribution in [3.63, 3.8) is 0 Å². The van der Waals surface area contributed by atoms with Gasteiger partial charge in [0, 0.05) is 18.0 Å². The average molecular weight is 290 g/mol. The van der Waals surface area contributed by atoms with Gasteiger partial charge in [-0.3, -0.25) is 4.72 Å². The second-order valence-electron chi connectivity index (χ2n) is 4.24. The molecule has 0 aromatic heterocycles. The number of alkyl halides is 1. The summed E-state index contributed by atoms with van der Waals surface area (Å²) in [5, 5.41) is 0. The smallest absolute Gasteiger partial charge is 0.232 e.